The fourth-order valence-corrected chi connectivity index (χ4v) is 1.19. The topological polar surface area (TPSA) is 102 Å². The van der Waals surface area contributed by atoms with Gasteiger partial charge in [-0.25, -0.2) is 4.68 Å². The molecule has 0 saturated heterocycles. The van der Waals surface area contributed by atoms with Crippen molar-refractivity contribution in [3.05, 3.63) is 0 Å². The Hall–Kier alpha value is -1.43. The molecular formula is C8H17N5O. The number of aromatic nitrogens is 2. The molecule has 0 fully saturated rings. The highest BCUT2D eigenvalue weighted by atomic mass is 16.3. The summed E-state index contributed by atoms with van der Waals surface area (Å²) < 4.78 is 1.71. The van der Waals surface area contributed by atoms with E-state index in [-0.39, 0.29) is 12.6 Å². The number of aliphatic hydroxyl groups is 1. The van der Waals surface area contributed by atoms with Crippen molar-refractivity contribution < 1.29 is 5.11 Å². The van der Waals surface area contributed by atoms with Crippen LogP contribution in [0.4, 0.5) is 17.3 Å². The monoisotopic (exact) mass is 199 g/mol. The Balaban J connectivity index is 2.97. The molecule has 0 atom stereocenters. The van der Waals surface area contributed by atoms with Gasteiger partial charge in [-0.05, 0) is 13.8 Å². The molecule has 80 valence electrons. The van der Waals surface area contributed by atoms with Gasteiger partial charge < -0.3 is 21.9 Å². The van der Waals surface area contributed by atoms with Crippen molar-refractivity contribution in [1.29, 1.82) is 0 Å². The summed E-state index contributed by atoms with van der Waals surface area (Å²) in [5.74, 6) is 0.991. The Morgan fingerprint density at radius 2 is 2.14 bits per heavy atom. The molecule has 0 amide bonds. The number of nitrogens with two attached hydrogens (primary N) is 2. The minimum absolute atomic E-state index is 0.0443. The fraction of sp³-hybridized carbons (Fsp3) is 0.625. The van der Waals surface area contributed by atoms with E-state index >= 15 is 0 Å². The summed E-state index contributed by atoms with van der Waals surface area (Å²) in [5, 5.41) is 15.8. The summed E-state index contributed by atoms with van der Waals surface area (Å²) in [4.78, 5) is 0. The lowest BCUT2D eigenvalue weighted by atomic mass is 10.4. The number of nitrogens with zero attached hydrogens (tertiary/aromatic N) is 2. The predicted molar refractivity (Wildman–Crippen MR) is 57.0 cm³/mol. The van der Waals surface area contributed by atoms with Crippen LogP contribution in [0.15, 0.2) is 0 Å². The zero-order chi connectivity index (χ0) is 10.7. The van der Waals surface area contributed by atoms with Gasteiger partial charge in [0.1, 0.15) is 11.5 Å². The largest absolute Gasteiger partial charge is 0.395 e. The summed E-state index contributed by atoms with van der Waals surface area (Å²) in [5.41, 5.74) is 11.8. The molecule has 0 spiro atoms. The van der Waals surface area contributed by atoms with Crippen molar-refractivity contribution in [2.24, 2.45) is 0 Å². The highest BCUT2D eigenvalue weighted by molar-refractivity contribution is 5.74. The average Bonchev–Trinajstić information content (AvgIpc) is 2.41. The highest BCUT2D eigenvalue weighted by Gasteiger charge is 2.14. The molecule has 1 aromatic heterocycles. The van der Waals surface area contributed by atoms with Gasteiger partial charge in [-0.1, -0.05) is 0 Å². The number of rotatable bonds is 4. The lowest BCUT2D eigenvalue weighted by Crippen LogP contribution is -2.13. The van der Waals surface area contributed by atoms with Crippen LogP contribution in [0.25, 0.3) is 0 Å². The highest BCUT2D eigenvalue weighted by Crippen LogP contribution is 2.27. The summed E-state index contributed by atoms with van der Waals surface area (Å²) in [6, 6.07) is 0.177. The van der Waals surface area contributed by atoms with Gasteiger partial charge in [0.15, 0.2) is 5.82 Å². The van der Waals surface area contributed by atoms with Crippen LogP contribution < -0.4 is 16.8 Å². The molecule has 14 heavy (non-hydrogen) atoms. The maximum Gasteiger partial charge on any atom is 0.171 e. The Labute approximate surface area is 82.9 Å². The third kappa shape index (κ3) is 1.90. The molecule has 0 saturated carbocycles. The van der Waals surface area contributed by atoms with E-state index in [1.54, 1.807) is 4.68 Å². The van der Waals surface area contributed by atoms with E-state index < -0.39 is 0 Å². The van der Waals surface area contributed by atoms with Gasteiger partial charge >= 0.3 is 0 Å². The van der Waals surface area contributed by atoms with Crippen LogP contribution in [0.5, 0.6) is 0 Å². The summed E-state index contributed by atoms with van der Waals surface area (Å²) in [7, 11) is 0. The van der Waals surface area contributed by atoms with Crippen LogP contribution in [-0.2, 0) is 0 Å². The molecule has 1 rings (SSSR count). The molecule has 1 aromatic rings. The standard InChI is InChI=1S/C8H17N5O/c1-5(2)13-8(11-3-4-14)6(9)7(10)12-13/h5,11,14H,3-4,9H2,1-2H3,(H2,10,12). The quantitative estimate of drug-likeness (QED) is 0.548. The molecule has 6 N–H and O–H groups in total. The number of aliphatic hydroxyl groups excluding tert-OH is 1. The smallest absolute Gasteiger partial charge is 0.171 e. The van der Waals surface area contributed by atoms with Crippen LogP contribution in [-0.4, -0.2) is 28.0 Å². The van der Waals surface area contributed by atoms with Gasteiger partial charge in [-0.15, -0.1) is 0 Å². The SMILES string of the molecule is CC(C)n1nc(N)c(N)c1NCCO. The van der Waals surface area contributed by atoms with E-state index in [0.29, 0.717) is 23.9 Å². The van der Waals surface area contributed by atoms with Crippen molar-refractivity contribution >= 4 is 17.3 Å². The molecule has 0 radical (unpaired) electrons. The number of hydrogen-bond donors (Lipinski definition) is 4. The molecule has 6 heteroatoms. The zero-order valence-corrected chi connectivity index (χ0v) is 8.49. The fourth-order valence-electron chi connectivity index (χ4n) is 1.19. The van der Waals surface area contributed by atoms with E-state index in [9.17, 15) is 0 Å². The maximum absolute atomic E-state index is 8.69. The molecule has 0 aliphatic rings. The van der Waals surface area contributed by atoms with Crippen LogP contribution in [0.2, 0.25) is 0 Å². The Morgan fingerprint density at radius 1 is 1.50 bits per heavy atom. The van der Waals surface area contributed by atoms with E-state index in [2.05, 4.69) is 10.4 Å². The molecule has 0 aliphatic carbocycles. The Kier molecular flexibility index (Phi) is 3.19. The third-order valence-electron chi connectivity index (χ3n) is 1.87. The van der Waals surface area contributed by atoms with E-state index in [4.69, 9.17) is 16.6 Å². The van der Waals surface area contributed by atoms with Gasteiger partial charge in [-0.2, -0.15) is 5.10 Å². The second-order valence-electron chi connectivity index (χ2n) is 3.34. The first-order valence-corrected chi connectivity index (χ1v) is 4.56. The van der Waals surface area contributed by atoms with Crippen LogP contribution >= 0.6 is 0 Å². The molecule has 0 bridgehead atoms. The summed E-state index contributed by atoms with van der Waals surface area (Å²) in [6.45, 7) is 4.44. The second-order valence-corrected chi connectivity index (χ2v) is 3.34. The number of nitrogens with one attached hydrogen (secondary N) is 1. The first-order valence-electron chi connectivity index (χ1n) is 4.56. The molecule has 0 unspecified atom stereocenters. The van der Waals surface area contributed by atoms with Crippen LogP contribution in [0.1, 0.15) is 19.9 Å². The van der Waals surface area contributed by atoms with Crippen molar-refractivity contribution in [2.75, 3.05) is 29.9 Å². The minimum Gasteiger partial charge on any atom is -0.395 e. The van der Waals surface area contributed by atoms with Gasteiger partial charge in [0.2, 0.25) is 0 Å². The van der Waals surface area contributed by atoms with Gasteiger partial charge in [0.05, 0.1) is 6.61 Å². The van der Waals surface area contributed by atoms with Crippen molar-refractivity contribution in [1.82, 2.24) is 9.78 Å². The first-order chi connectivity index (χ1) is 6.57. The molecule has 1 heterocycles. The average molecular weight is 199 g/mol. The second kappa shape index (κ2) is 4.19. The van der Waals surface area contributed by atoms with Crippen molar-refractivity contribution in [2.45, 2.75) is 19.9 Å². The molecular weight excluding hydrogens is 182 g/mol. The Morgan fingerprint density at radius 3 is 2.64 bits per heavy atom. The molecule has 6 nitrogen and oxygen atoms in total. The van der Waals surface area contributed by atoms with Crippen LogP contribution in [0, 0.1) is 0 Å². The number of hydrogen-bond acceptors (Lipinski definition) is 5. The molecule has 0 aliphatic heterocycles. The van der Waals surface area contributed by atoms with E-state index in [1.165, 1.54) is 0 Å². The predicted octanol–water partition coefficient (Wildman–Crippen LogP) is 0.0326. The lowest BCUT2D eigenvalue weighted by molar-refractivity contribution is 0.310. The lowest BCUT2D eigenvalue weighted by Gasteiger charge is -2.12. The summed E-state index contributed by atoms with van der Waals surface area (Å²) in [6.07, 6.45) is 0. The van der Waals surface area contributed by atoms with Crippen molar-refractivity contribution in [3.8, 4) is 0 Å². The summed E-state index contributed by atoms with van der Waals surface area (Å²) >= 11 is 0. The number of anilines is 3. The Bertz CT molecular complexity index is 307. The normalized spacial score (nSPS) is 10.9. The van der Waals surface area contributed by atoms with Gasteiger partial charge in [0, 0.05) is 12.6 Å². The zero-order valence-electron chi connectivity index (χ0n) is 8.49. The van der Waals surface area contributed by atoms with E-state index in [0.717, 1.165) is 0 Å². The minimum atomic E-state index is 0.0443. The molecule has 0 aromatic carbocycles. The first kappa shape index (κ1) is 10.6. The number of nitrogen functional groups attached to an aromatic ring is 2. The van der Waals surface area contributed by atoms with Crippen molar-refractivity contribution in [3.63, 3.8) is 0 Å². The maximum atomic E-state index is 8.69. The van der Waals surface area contributed by atoms with Crippen LogP contribution in [0.3, 0.4) is 0 Å². The van der Waals surface area contributed by atoms with Gasteiger partial charge in [-0.3, -0.25) is 0 Å². The van der Waals surface area contributed by atoms with Gasteiger partial charge in [0.25, 0.3) is 0 Å². The van der Waals surface area contributed by atoms with E-state index in [1.807, 2.05) is 13.8 Å². The third-order valence-corrected chi connectivity index (χ3v) is 1.87.